The first-order chi connectivity index (χ1) is 10.0. The Morgan fingerprint density at radius 2 is 2.10 bits per heavy atom. The van der Waals surface area contributed by atoms with Gasteiger partial charge in [-0.05, 0) is 18.2 Å². The summed E-state index contributed by atoms with van der Waals surface area (Å²) in [6.45, 7) is 4.47. The van der Waals surface area contributed by atoms with Crippen molar-refractivity contribution in [3.05, 3.63) is 29.6 Å². The van der Waals surface area contributed by atoms with Gasteiger partial charge in [0, 0.05) is 39.3 Å². The summed E-state index contributed by atoms with van der Waals surface area (Å²) >= 11 is 0. The van der Waals surface area contributed by atoms with E-state index in [1.54, 1.807) is 6.07 Å². The molecule has 0 spiro atoms. The van der Waals surface area contributed by atoms with Crippen molar-refractivity contribution in [1.82, 2.24) is 14.9 Å². The average Bonchev–Trinajstić information content (AvgIpc) is 2.48. The maximum absolute atomic E-state index is 13.2. The van der Waals surface area contributed by atoms with E-state index in [0.29, 0.717) is 6.54 Å². The molecule has 21 heavy (non-hydrogen) atoms. The van der Waals surface area contributed by atoms with Crippen LogP contribution in [0.5, 0.6) is 0 Å². The quantitative estimate of drug-likeness (QED) is 0.792. The van der Waals surface area contributed by atoms with Crippen LogP contribution in [0.4, 0.5) is 4.39 Å². The second kappa shape index (κ2) is 6.95. The van der Waals surface area contributed by atoms with Crippen LogP contribution in [0.15, 0.2) is 23.1 Å². The molecule has 114 valence electrons. The highest BCUT2D eigenvalue weighted by Crippen LogP contribution is 2.14. The van der Waals surface area contributed by atoms with E-state index in [9.17, 15) is 12.8 Å². The topological polar surface area (TPSA) is 85.2 Å². The molecule has 2 N–H and O–H groups in total. The summed E-state index contributed by atoms with van der Waals surface area (Å²) in [4.78, 5) is 2.06. The molecule has 0 saturated carbocycles. The Bertz CT molecular complexity index is 636. The molecule has 0 aromatic heterocycles. The molecule has 0 atom stereocenters. The zero-order chi connectivity index (χ0) is 15.3. The van der Waals surface area contributed by atoms with Crippen LogP contribution in [0.1, 0.15) is 5.56 Å². The molecule has 0 unspecified atom stereocenters. The van der Waals surface area contributed by atoms with Crippen molar-refractivity contribution < 1.29 is 12.8 Å². The van der Waals surface area contributed by atoms with Crippen LogP contribution in [-0.2, 0) is 10.0 Å². The highest BCUT2D eigenvalue weighted by molar-refractivity contribution is 7.89. The van der Waals surface area contributed by atoms with Crippen molar-refractivity contribution in [2.45, 2.75) is 4.90 Å². The number of halogens is 1. The van der Waals surface area contributed by atoms with E-state index in [4.69, 9.17) is 5.26 Å². The van der Waals surface area contributed by atoms with Crippen LogP contribution in [0, 0.1) is 17.1 Å². The Morgan fingerprint density at radius 1 is 1.38 bits per heavy atom. The van der Waals surface area contributed by atoms with Crippen molar-refractivity contribution in [3.63, 3.8) is 0 Å². The van der Waals surface area contributed by atoms with Crippen LogP contribution in [-0.4, -0.2) is 52.6 Å². The number of nitriles is 1. The van der Waals surface area contributed by atoms with Gasteiger partial charge in [-0.25, -0.2) is 17.5 Å². The largest absolute Gasteiger partial charge is 0.314 e. The number of rotatable bonds is 5. The molecule has 1 aromatic rings. The molecule has 1 aromatic carbocycles. The highest BCUT2D eigenvalue weighted by atomic mass is 32.2. The molecular weight excluding hydrogens is 295 g/mol. The summed E-state index contributed by atoms with van der Waals surface area (Å²) in [5, 5.41) is 12.0. The molecule has 1 saturated heterocycles. The summed E-state index contributed by atoms with van der Waals surface area (Å²) in [5.74, 6) is -0.725. The lowest BCUT2D eigenvalue weighted by molar-refractivity contribution is 0.245. The van der Waals surface area contributed by atoms with E-state index in [2.05, 4.69) is 14.9 Å². The fourth-order valence-corrected chi connectivity index (χ4v) is 3.16. The Morgan fingerprint density at radius 3 is 2.76 bits per heavy atom. The van der Waals surface area contributed by atoms with Gasteiger partial charge in [0.25, 0.3) is 0 Å². The van der Waals surface area contributed by atoms with Crippen LogP contribution in [0.3, 0.4) is 0 Å². The van der Waals surface area contributed by atoms with E-state index < -0.39 is 15.8 Å². The lowest BCUT2D eigenvalue weighted by Crippen LogP contribution is -2.46. The van der Waals surface area contributed by atoms with Crippen molar-refractivity contribution in [2.75, 3.05) is 39.3 Å². The maximum atomic E-state index is 13.2. The summed E-state index contributed by atoms with van der Waals surface area (Å²) in [7, 11) is -3.72. The number of nitrogens with one attached hydrogen (secondary N) is 2. The van der Waals surface area contributed by atoms with Gasteiger partial charge in [0.1, 0.15) is 11.9 Å². The molecule has 1 aliphatic heterocycles. The van der Waals surface area contributed by atoms with E-state index >= 15 is 0 Å². The number of sulfonamides is 1. The third-order valence-corrected chi connectivity index (χ3v) is 4.76. The molecule has 0 bridgehead atoms. The van der Waals surface area contributed by atoms with Crippen molar-refractivity contribution in [1.29, 1.82) is 5.26 Å². The van der Waals surface area contributed by atoms with Gasteiger partial charge in [0.15, 0.2) is 0 Å². The molecule has 0 amide bonds. The molecule has 2 rings (SSSR count). The van der Waals surface area contributed by atoms with Gasteiger partial charge < -0.3 is 5.32 Å². The summed E-state index contributed by atoms with van der Waals surface area (Å²) in [6, 6.07) is 4.82. The second-order valence-corrected chi connectivity index (χ2v) is 6.51. The average molecular weight is 312 g/mol. The molecule has 1 fully saturated rings. The van der Waals surface area contributed by atoms with Crippen molar-refractivity contribution in [2.24, 2.45) is 0 Å². The molecule has 6 nitrogen and oxygen atoms in total. The number of hydrogen-bond donors (Lipinski definition) is 2. The first kappa shape index (κ1) is 15.9. The van der Waals surface area contributed by atoms with Gasteiger partial charge in [-0.2, -0.15) is 5.26 Å². The van der Waals surface area contributed by atoms with Gasteiger partial charge in [-0.15, -0.1) is 0 Å². The van der Waals surface area contributed by atoms with Crippen molar-refractivity contribution in [3.8, 4) is 6.07 Å². The van der Waals surface area contributed by atoms with Crippen LogP contribution in [0.25, 0.3) is 0 Å². The number of hydrogen-bond acceptors (Lipinski definition) is 5. The predicted octanol–water partition coefficient (Wildman–Crippen LogP) is -0.119. The molecule has 8 heteroatoms. The minimum atomic E-state index is -3.72. The third-order valence-electron chi connectivity index (χ3n) is 3.30. The summed E-state index contributed by atoms with van der Waals surface area (Å²) < 4.78 is 39.8. The minimum Gasteiger partial charge on any atom is -0.314 e. The normalized spacial score (nSPS) is 16.6. The first-order valence-corrected chi connectivity index (χ1v) is 8.13. The zero-order valence-corrected chi connectivity index (χ0v) is 12.3. The van der Waals surface area contributed by atoms with Crippen LogP contribution >= 0.6 is 0 Å². The third kappa shape index (κ3) is 4.22. The highest BCUT2D eigenvalue weighted by Gasteiger charge is 2.17. The Hall–Kier alpha value is -1.53. The van der Waals surface area contributed by atoms with Gasteiger partial charge in [-0.3, -0.25) is 4.90 Å². The molecule has 0 radical (unpaired) electrons. The summed E-state index contributed by atoms with van der Waals surface area (Å²) in [5.41, 5.74) is -0.278. The minimum absolute atomic E-state index is 0.0965. The van der Waals surface area contributed by atoms with E-state index in [1.807, 2.05) is 0 Å². The fourth-order valence-electron chi connectivity index (χ4n) is 2.11. The monoisotopic (exact) mass is 312 g/mol. The lowest BCUT2D eigenvalue weighted by Gasteiger charge is -2.27. The molecular formula is C13H17FN4O2S. The van der Waals surface area contributed by atoms with E-state index in [1.165, 1.54) is 0 Å². The number of nitrogens with zero attached hydrogens (tertiary/aromatic N) is 2. The number of piperazine rings is 1. The van der Waals surface area contributed by atoms with Gasteiger partial charge >= 0.3 is 0 Å². The Balaban J connectivity index is 1.96. The van der Waals surface area contributed by atoms with Crippen molar-refractivity contribution >= 4 is 10.0 Å². The van der Waals surface area contributed by atoms with Gasteiger partial charge in [0.05, 0.1) is 10.5 Å². The first-order valence-electron chi connectivity index (χ1n) is 6.65. The Kier molecular flexibility index (Phi) is 5.25. The standard InChI is InChI=1S/C13H17FN4O2S/c14-13-2-1-12(9-11(13)10-15)21(19,20)17-5-8-18-6-3-16-4-7-18/h1-2,9,16-17H,3-8H2. The molecule has 1 aliphatic rings. The number of benzene rings is 1. The van der Waals surface area contributed by atoms with E-state index in [-0.39, 0.29) is 17.0 Å². The second-order valence-electron chi connectivity index (χ2n) is 4.74. The van der Waals surface area contributed by atoms with Gasteiger partial charge in [0.2, 0.25) is 10.0 Å². The lowest BCUT2D eigenvalue weighted by atomic mass is 10.2. The SMILES string of the molecule is N#Cc1cc(S(=O)(=O)NCCN2CCNCC2)ccc1F. The Labute approximate surface area is 123 Å². The smallest absolute Gasteiger partial charge is 0.240 e. The fraction of sp³-hybridized carbons (Fsp3) is 0.462. The molecule has 0 aliphatic carbocycles. The molecule has 1 heterocycles. The summed E-state index contributed by atoms with van der Waals surface area (Å²) in [6.07, 6.45) is 0. The zero-order valence-electron chi connectivity index (χ0n) is 11.5. The predicted molar refractivity (Wildman–Crippen MR) is 75.6 cm³/mol. The maximum Gasteiger partial charge on any atom is 0.240 e. The van der Waals surface area contributed by atoms with E-state index in [0.717, 1.165) is 44.4 Å². The van der Waals surface area contributed by atoms with Crippen LogP contribution in [0.2, 0.25) is 0 Å². The van der Waals surface area contributed by atoms with Crippen LogP contribution < -0.4 is 10.0 Å². The van der Waals surface area contributed by atoms with Gasteiger partial charge in [-0.1, -0.05) is 0 Å².